The summed E-state index contributed by atoms with van der Waals surface area (Å²) in [4.78, 5) is 92.9. The Morgan fingerprint density at radius 3 is 1.95 bits per heavy atom. The fraction of sp³-hybridized carbons (Fsp3) is 0.600. The van der Waals surface area contributed by atoms with Gasteiger partial charge in [-0.15, -0.1) is 0 Å². The van der Waals surface area contributed by atoms with Gasteiger partial charge in [0, 0.05) is 19.0 Å². The van der Waals surface area contributed by atoms with Crippen molar-refractivity contribution in [1.29, 1.82) is 0 Å². The van der Waals surface area contributed by atoms with Crippen molar-refractivity contribution < 1.29 is 43.8 Å². The molecule has 6 amide bonds. The molecule has 0 bridgehead atoms. The summed E-state index contributed by atoms with van der Waals surface area (Å²) in [6.07, 6.45) is 0.473. The normalized spacial score (nSPS) is 15.8. The van der Waals surface area contributed by atoms with Gasteiger partial charge in [0.25, 0.3) is 0 Å². The van der Waals surface area contributed by atoms with E-state index in [0.717, 1.165) is 0 Å². The predicted molar refractivity (Wildman–Crippen MR) is 149 cm³/mol. The SMILES string of the molecule is CC[C@H](C)[C@H](NC(=O)[C@H](CC(N)=O)NC(=O)[C@@H](N)Cc1c[nH]cn1)C(=O)N[C@H](C(=O)N[C@@H](CCC(N)=O)C(=O)O)[C@@H](C)O. The van der Waals surface area contributed by atoms with Gasteiger partial charge in [-0.1, -0.05) is 20.3 Å². The van der Waals surface area contributed by atoms with Crippen LogP contribution in [0.15, 0.2) is 12.5 Å². The number of primary amides is 2. The number of amides is 6. The summed E-state index contributed by atoms with van der Waals surface area (Å²) in [7, 11) is 0. The number of imidazole rings is 1. The summed E-state index contributed by atoms with van der Waals surface area (Å²) in [6, 6.07) is -7.18. The molecule has 7 atom stereocenters. The second kappa shape index (κ2) is 17.4. The molecule has 13 N–H and O–H groups in total. The second-order valence-corrected chi connectivity index (χ2v) is 10.1. The number of aromatic amines is 1. The van der Waals surface area contributed by atoms with Crippen molar-refractivity contribution in [3.63, 3.8) is 0 Å². The Balaban J connectivity index is 3.08. The lowest BCUT2D eigenvalue weighted by Gasteiger charge is -2.29. The van der Waals surface area contributed by atoms with E-state index in [1.807, 2.05) is 0 Å². The molecule has 18 nitrogen and oxygen atoms in total. The van der Waals surface area contributed by atoms with Crippen molar-refractivity contribution in [1.82, 2.24) is 31.2 Å². The molecule has 0 unspecified atom stereocenters. The first-order valence-electron chi connectivity index (χ1n) is 13.5. The van der Waals surface area contributed by atoms with Crippen LogP contribution in [0.3, 0.4) is 0 Å². The molecule has 0 aliphatic rings. The third-order valence-corrected chi connectivity index (χ3v) is 6.51. The molecule has 43 heavy (non-hydrogen) atoms. The van der Waals surface area contributed by atoms with Crippen molar-refractivity contribution in [3.05, 3.63) is 18.2 Å². The maximum Gasteiger partial charge on any atom is 0.326 e. The third kappa shape index (κ3) is 12.4. The van der Waals surface area contributed by atoms with E-state index in [-0.39, 0.29) is 19.3 Å². The first kappa shape index (κ1) is 36.4. The molecule has 1 aromatic rings. The number of nitrogens with two attached hydrogens (primary N) is 3. The topological polar surface area (TPSA) is 315 Å². The molecule has 1 aromatic heterocycles. The summed E-state index contributed by atoms with van der Waals surface area (Å²) in [5.74, 6) is -7.48. The minimum absolute atomic E-state index is 0.0200. The van der Waals surface area contributed by atoms with Crippen LogP contribution in [0.5, 0.6) is 0 Å². The second-order valence-electron chi connectivity index (χ2n) is 10.1. The van der Waals surface area contributed by atoms with Gasteiger partial charge < -0.3 is 53.7 Å². The van der Waals surface area contributed by atoms with Crippen LogP contribution in [-0.2, 0) is 40.0 Å². The number of H-pyrrole nitrogens is 1. The van der Waals surface area contributed by atoms with Crippen molar-refractivity contribution in [2.75, 3.05) is 0 Å². The average molecular weight is 612 g/mol. The Bertz CT molecular complexity index is 1140. The molecule has 0 spiro atoms. The molecule has 1 heterocycles. The Kier molecular flexibility index (Phi) is 14.7. The number of carbonyl (C=O) groups excluding carboxylic acids is 6. The fourth-order valence-electron chi connectivity index (χ4n) is 3.82. The van der Waals surface area contributed by atoms with E-state index in [0.29, 0.717) is 12.1 Å². The number of aliphatic hydroxyl groups excluding tert-OH is 1. The zero-order valence-electron chi connectivity index (χ0n) is 24.2. The Morgan fingerprint density at radius 1 is 0.884 bits per heavy atom. The molecule has 0 fully saturated rings. The average Bonchev–Trinajstić information content (AvgIpc) is 3.43. The first-order valence-corrected chi connectivity index (χ1v) is 13.5. The van der Waals surface area contributed by atoms with Crippen LogP contribution in [0.2, 0.25) is 0 Å². The van der Waals surface area contributed by atoms with E-state index in [1.165, 1.54) is 19.4 Å². The zero-order valence-corrected chi connectivity index (χ0v) is 24.2. The van der Waals surface area contributed by atoms with Gasteiger partial charge in [0.1, 0.15) is 24.2 Å². The number of carboxylic acids is 1. The monoisotopic (exact) mass is 611 g/mol. The number of hydrogen-bond donors (Lipinski definition) is 10. The number of nitrogens with zero attached hydrogens (tertiary/aromatic N) is 1. The van der Waals surface area contributed by atoms with Gasteiger partial charge in [-0.25, -0.2) is 9.78 Å². The number of carboxylic acid groups (broad SMARTS) is 1. The van der Waals surface area contributed by atoms with E-state index >= 15 is 0 Å². The summed E-state index contributed by atoms with van der Waals surface area (Å²) >= 11 is 0. The van der Waals surface area contributed by atoms with E-state index in [2.05, 4.69) is 31.2 Å². The van der Waals surface area contributed by atoms with E-state index < -0.39 is 90.1 Å². The number of rotatable bonds is 19. The zero-order chi connectivity index (χ0) is 32.9. The molecule has 240 valence electrons. The Morgan fingerprint density at radius 2 is 1.47 bits per heavy atom. The molecular formula is C25H41N9O9. The van der Waals surface area contributed by atoms with Crippen LogP contribution >= 0.6 is 0 Å². The highest BCUT2D eigenvalue weighted by atomic mass is 16.4. The van der Waals surface area contributed by atoms with Crippen LogP contribution in [-0.4, -0.2) is 97.9 Å². The first-order chi connectivity index (χ1) is 20.1. The van der Waals surface area contributed by atoms with Crippen LogP contribution in [0.25, 0.3) is 0 Å². The molecule has 0 aliphatic heterocycles. The van der Waals surface area contributed by atoms with Gasteiger partial charge in [0.2, 0.25) is 35.4 Å². The number of carbonyl (C=O) groups is 7. The standard InChI is InChI=1S/C25H41N9O9/c1-4-11(2)19(23(40)34-20(12(3)35)24(41)31-15(25(42)43)5-6-17(27)36)33-22(39)16(8-18(28)37)32-21(38)14(26)7-13-9-29-10-30-13/h9-12,14-16,19-20,35H,4-8,26H2,1-3H3,(H2,27,36)(H2,28,37)(H,29,30)(H,31,41)(H,32,38)(H,33,39)(H,34,40)(H,42,43)/t11-,12+,14-,15-,16-,19-,20-/m0/s1. The van der Waals surface area contributed by atoms with Crippen LogP contribution < -0.4 is 38.5 Å². The van der Waals surface area contributed by atoms with Gasteiger partial charge >= 0.3 is 5.97 Å². The minimum Gasteiger partial charge on any atom is -0.480 e. The molecule has 18 heteroatoms. The lowest BCUT2D eigenvalue weighted by Crippen LogP contribution is -2.62. The number of hydrogen-bond acceptors (Lipinski definition) is 10. The van der Waals surface area contributed by atoms with Gasteiger partial charge in [0.05, 0.1) is 30.6 Å². The van der Waals surface area contributed by atoms with Gasteiger partial charge in [0.15, 0.2) is 0 Å². The highest BCUT2D eigenvalue weighted by Gasteiger charge is 2.35. The summed E-state index contributed by atoms with van der Waals surface area (Å²) < 4.78 is 0. The summed E-state index contributed by atoms with van der Waals surface area (Å²) in [5, 5.41) is 28.8. The highest BCUT2D eigenvalue weighted by molar-refractivity contribution is 5.97. The lowest BCUT2D eigenvalue weighted by atomic mass is 9.96. The molecule has 1 rings (SSSR count). The van der Waals surface area contributed by atoms with E-state index in [9.17, 15) is 43.8 Å². The number of aromatic nitrogens is 2. The van der Waals surface area contributed by atoms with Crippen molar-refractivity contribution in [3.8, 4) is 0 Å². The highest BCUT2D eigenvalue weighted by Crippen LogP contribution is 2.11. The molecule has 0 saturated heterocycles. The minimum atomic E-state index is -1.66. The third-order valence-electron chi connectivity index (χ3n) is 6.51. The number of aliphatic carboxylic acids is 1. The van der Waals surface area contributed by atoms with Crippen molar-refractivity contribution in [2.24, 2.45) is 23.1 Å². The molecule has 0 saturated carbocycles. The van der Waals surface area contributed by atoms with Crippen molar-refractivity contribution in [2.45, 2.75) is 89.2 Å². The summed E-state index contributed by atoms with van der Waals surface area (Å²) in [6.45, 7) is 4.49. The molecular weight excluding hydrogens is 570 g/mol. The number of nitrogens with one attached hydrogen (secondary N) is 5. The molecule has 0 radical (unpaired) electrons. The van der Waals surface area contributed by atoms with Crippen LogP contribution in [0.4, 0.5) is 0 Å². The smallest absolute Gasteiger partial charge is 0.326 e. The maximum atomic E-state index is 13.3. The Labute approximate surface area is 247 Å². The van der Waals surface area contributed by atoms with Crippen molar-refractivity contribution >= 4 is 41.4 Å². The molecule has 0 aromatic carbocycles. The van der Waals surface area contributed by atoms with E-state index in [4.69, 9.17) is 17.2 Å². The largest absolute Gasteiger partial charge is 0.480 e. The summed E-state index contributed by atoms with van der Waals surface area (Å²) in [5.41, 5.74) is 16.7. The predicted octanol–water partition coefficient (Wildman–Crippen LogP) is -4.13. The quantitative estimate of drug-likeness (QED) is 0.0716. The van der Waals surface area contributed by atoms with Crippen LogP contribution in [0, 0.1) is 5.92 Å². The molecule has 0 aliphatic carbocycles. The van der Waals surface area contributed by atoms with Gasteiger partial charge in [-0.3, -0.25) is 28.8 Å². The lowest BCUT2D eigenvalue weighted by molar-refractivity contribution is -0.143. The maximum absolute atomic E-state index is 13.3. The number of aliphatic hydroxyl groups is 1. The van der Waals surface area contributed by atoms with E-state index in [1.54, 1.807) is 13.8 Å². The van der Waals surface area contributed by atoms with Gasteiger partial charge in [-0.05, 0) is 19.3 Å². The van der Waals surface area contributed by atoms with Gasteiger partial charge in [-0.2, -0.15) is 0 Å². The Hall–Kier alpha value is -4.58. The van der Waals surface area contributed by atoms with Crippen LogP contribution in [0.1, 0.15) is 52.1 Å². The fourth-order valence-corrected chi connectivity index (χ4v) is 3.82.